The number of allylic oxidation sites excluding steroid dienone is 2. The monoisotopic (exact) mass is 216 g/mol. The third-order valence-corrected chi connectivity index (χ3v) is 3.70. The summed E-state index contributed by atoms with van der Waals surface area (Å²) in [4.78, 5) is 18.5. The maximum atomic E-state index is 12.3. The summed E-state index contributed by atoms with van der Waals surface area (Å²) in [6.07, 6.45) is 10.5. The van der Waals surface area contributed by atoms with Gasteiger partial charge < -0.3 is 4.90 Å². The lowest BCUT2D eigenvalue weighted by Crippen LogP contribution is -2.47. The second-order valence-electron chi connectivity index (χ2n) is 4.85. The Morgan fingerprint density at radius 3 is 3.25 bits per heavy atom. The molecule has 2 aliphatic heterocycles. The number of fused-ring (bicyclic) bond motifs is 2. The molecule has 0 radical (unpaired) electrons. The number of rotatable bonds is 0. The molecule has 3 aliphatic rings. The van der Waals surface area contributed by atoms with Crippen molar-refractivity contribution in [3.8, 4) is 0 Å². The lowest BCUT2D eigenvalue weighted by atomic mass is 9.79. The average Bonchev–Trinajstić information content (AvgIpc) is 2.31. The second-order valence-corrected chi connectivity index (χ2v) is 4.85. The van der Waals surface area contributed by atoms with Crippen LogP contribution in [-0.4, -0.2) is 23.1 Å². The number of carbonyl (C=O) groups is 1. The standard InChI is InChI=1S/C13H16N2O/c1-9-8-15-11(7-14-9)6-10-4-2-3-5-12(10)13(15)16/h5,7-8,10-11H,2-4,6H2,1H3. The first-order valence-corrected chi connectivity index (χ1v) is 6.01. The zero-order chi connectivity index (χ0) is 11.1. The van der Waals surface area contributed by atoms with Gasteiger partial charge in [-0.1, -0.05) is 6.08 Å². The SMILES string of the molecule is CC1=CN2C(=O)C3=CCCCC3CC2C=N1. The van der Waals surface area contributed by atoms with E-state index in [9.17, 15) is 4.79 Å². The molecule has 1 fully saturated rings. The molecular formula is C13H16N2O. The van der Waals surface area contributed by atoms with Gasteiger partial charge in [0, 0.05) is 18.0 Å². The highest BCUT2D eigenvalue weighted by molar-refractivity contribution is 5.98. The largest absolute Gasteiger partial charge is 0.305 e. The molecule has 84 valence electrons. The number of aliphatic imine (C=N–C) groups is 1. The topological polar surface area (TPSA) is 32.7 Å². The van der Waals surface area contributed by atoms with Crippen molar-refractivity contribution in [2.24, 2.45) is 10.9 Å². The van der Waals surface area contributed by atoms with E-state index in [-0.39, 0.29) is 11.9 Å². The van der Waals surface area contributed by atoms with E-state index < -0.39 is 0 Å². The Balaban J connectivity index is 1.95. The van der Waals surface area contributed by atoms with Crippen molar-refractivity contribution < 1.29 is 4.79 Å². The first kappa shape index (κ1) is 9.82. The Labute approximate surface area is 95.5 Å². The van der Waals surface area contributed by atoms with Crippen molar-refractivity contribution in [2.45, 2.75) is 38.6 Å². The third-order valence-electron chi connectivity index (χ3n) is 3.70. The van der Waals surface area contributed by atoms with Gasteiger partial charge in [-0.2, -0.15) is 0 Å². The second kappa shape index (κ2) is 3.58. The molecule has 2 unspecified atom stereocenters. The first-order valence-electron chi connectivity index (χ1n) is 6.01. The molecule has 2 atom stereocenters. The smallest absolute Gasteiger partial charge is 0.254 e. The van der Waals surface area contributed by atoms with E-state index in [4.69, 9.17) is 0 Å². The van der Waals surface area contributed by atoms with E-state index in [0.29, 0.717) is 5.92 Å². The molecule has 3 rings (SSSR count). The van der Waals surface area contributed by atoms with Gasteiger partial charge in [-0.15, -0.1) is 0 Å². The molecular weight excluding hydrogens is 200 g/mol. The average molecular weight is 216 g/mol. The Kier molecular flexibility index (Phi) is 2.20. The highest BCUT2D eigenvalue weighted by Crippen LogP contribution is 2.36. The molecule has 1 aliphatic carbocycles. The minimum absolute atomic E-state index is 0.191. The van der Waals surface area contributed by atoms with Crippen LogP contribution in [0.1, 0.15) is 32.6 Å². The van der Waals surface area contributed by atoms with Crippen molar-refractivity contribution in [3.05, 3.63) is 23.5 Å². The van der Waals surface area contributed by atoms with E-state index in [1.165, 1.54) is 12.8 Å². The fraction of sp³-hybridized carbons (Fsp3) is 0.538. The van der Waals surface area contributed by atoms with Crippen LogP contribution in [0.15, 0.2) is 28.5 Å². The molecule has 1 amide bonds. The summed E-state index contributed by atoms with van der Waals surface area (Å²) in [5, 5.41) is 0. The van der Waals surface area contributed by atoms with E-state index >= 15 is 0 Å². The van der Waals surface area contributed by atoms with E-state index in [1.54, 1.807) is 0 Å². The van der Waals surface area contributed by atoms with E-state index in [2.05, 4.69) is 11.1 Å². The van der Waals surface area contributed by atoms with Crippen LogP contribution in [0.25, 0.3) is 0 Å². The number of amides is 1. The lowest BCUT2D eigenvalue weighted by Gasteiger charge is -2.40. The number of hydrogen-bond acceptors (Lipinski definition) is 2. The van der Waals surface area contributed by atoms with Crippen LogP contribution in [0.3, 0.4) is 0 Å². The molecule has 0 aromatic carbocycles. The Morgan fingerprint density at radius 2 is 2.38 bits per heavy atom. The molecule has 0 saturated carbocycles. The van der Waals surface area contributed by atoms with Crippen molar-refractivity contribution in [1.29, 1.82) is 0 Å². The molecule has 16 heavy (non-hydrogen) atoms. The van der Waals surface area contributed by atoms with Crippen LogP contribution in [-0.2, 0) is 4.79 Å². The summed E-state index contributed by atoms with van der Waals surface area (Å²) in [5.41, 5.74) is 1.96. The minimum atomic E-state index is 0.191. The zero-order valence-corrected chi connectivity index (χ0v) is 9.52. The first-order chi connectivity index (χ1) is 7.75. The van der Waals surface area contributed by atoms with Gasteiger partial charge in [0.25, 0.3) is 5.91 Å². The number of piperidine rings is 1. The highest BCUT2D eigenvalue weighted by Gasteiger charge is 2.37. The summed E-state index contributed by atoms with van der Waals surface area (Å²) < 4.78 is 0. The summed E-state index contributed by atoms with van der Waals surface area (Å²) >= 11 is 0. The lowest BCUT2D eigenvalue weighted by molar-refractivity contribution is -0.128. The summed E-state index contributed by atoms with van der Waals surface area (Å²) in [6, 6.07) is 0.191. The highest BCUT2D eigenvalue weighted by atomic mass is 16.2. The van der Waals surface area contributed by atoms with Gasteiger partial charge in [0.05, 0.1) is 11.7 Å². The fourth-order valence-corrected chi connectivity index (χ4v) is 2.88. The summed E-state index contributed by atoms with van der Waals surface area (Å²) in [7, 11) is 0. The van der Waals surface area contributed by atoms with Crippen LogP contribution >= 0.6 is 0 Å². The van der Waals surface area contributed by atoms with Crippen molar-refractivity contribution in [2.75, 3.05) is 0 Å². The molecule has 0 spiro atoms. The normalized spacial score (nSPS) is 32.8. The number of hydrogen-bond donors (Lipinski definition) is 0. The minimum Gasteiger partial charge on any atom is -0.305 e. The van der Waals surface area contributed by atoms with Gasteiger partial charge in [0.1, 0.15) is 0 Å². The molecule has 3 nitrogen and oxygen atoms in total. The summed E-state index contributed by atoms with van der Waals surface area (Å²) in [6.45, 7) is 1.93. The van der Waals surface area contributed by atoms with Crippen LogP contribution < -0.4 is 0 Å². The van der Waals surface area contributed by atoms with E-state index in [0.717, 1.165) is 24.1 Å². The van der Waals surface area contributed by atoms with Crippen LogP contribution in [0.5, 0.6) is 0 Å². The van der Waals surface area contributed by atoms with Gasteiger partial charge in [0.15, 0.2) is 0 Å². The molecule has 0 aromatic heterocycles. The van der Waals surface area contributed by atoms with Gasteiger partial charge in [-0.25, -0.2) is 0 Å². The maximum absolute atomic E-state index is 12.3. The third kappa shape index (κ3) is 1.42. The Morgan fingerprint density at radius 1 is 1.50 bits per heavy atom. The fourth-order valence-electron chi connectivity index (χ4n) is 2.88. The van der Waals surface area contributed by atoms with Crippen LogP contribution in [0, 0.1) is 5.92 Å². The molecule has 3 heteroatoms. The Hall–Kier alpha value is -1.38. The predicted octanol–water partition coefficient (Wildman–Crippen LogP) is 2.26. The quantitative estimate of drug-likeness (QED) is 0.611. The number of carbonyl (C=O) groups excluding carboxylic acids is 1. The van der Waals surface area contributed by atoms with Crippen LogP contribution in [0.4, 0.5) is 0 Å². The molecule has 1 saturated heterocycles. The van der Waals surface area contributed by atoms with Gasteiger partial charge in [0.2, 0.25) is 0 Å². The number of nitrogens with zero attached hydrogens (tertiary/aromatic N) is 2. The molecule has 0 aromatic rings. The zero-order valence-electron chi connectivity index (χ0n) is 9.52. The van der Waals surface area contributed by atoms with Crippen molar-refractivity contribution >= 4 is 12.1 Å². The van der Waals surface area contributed by atoms with Crippen molar-refractivity contribution in [1.82, 2.24) is 4.90 Å². The Bertz CT molecular complexity index is 420. The maximum Gasteiger partial charge on any atom is 0.254 e. The van der Waals surface area contributed by atoms with Gasteiger partial charge >= 0.3 is 0 Å². The van der Waals surface area contributed by atoms with Gasteiger partial charge in [-0.05, 0) is 38.5 Å². The molecule has 0 bridgehead atoms. The van der Waals surface area contributed by atoms with Gasteiger partial charge in [-0.3, -0.25) is 9.79 Å². The van der Waals surface area contributed by atoms with Crippen LogP contribution in [0.2, 0.25) is 0 Å². The summed E-state index contributed by atoms with van der Waals surface area (Å²) in [5.74, 6) is 0.673. The van der Waals surface area contributed by atoms with Crippen molar-refractivity contribution in [3.63, 3.8) is 0 Å². The molecule has 0 N–H and O–H groups in total. The van der Waals surface area contributed by atoms with E-state index in [1.807, 2.05) is 24.2 Å². The predicted molar refractivity (Wildman–Crippen MR) is 62.9 cm³/mol. The molecule has 2 heterocycles.